The monoisotopic (exact) mass is 269 g/mol. The second-order valence-electron chi connectivity index (χ2n) is 3.38. The maximum Gasteiger partial charge on any atom is 0.151 e. The Hall–Kier alpha value is -1.45. The zero-order chi connectivity index (χ0) is 12.4. The number of rotatable bonds is 2. The predicted molar refractivity (Wildman–Crippen MR) is 65.0 cm³/mol. The van der Waals surface area contributed by atoms with Gasteiger partial charge in [-0.05, 0) is 24.3 Å². The number of pyridine rings is 1. The predicted octanol–water partition coefficient (Wildman–Crippen LogP) is 4.01. The average Bonchev–Trinajstić information content (AvgIpc) is 2.27. The van der Waals surface area contributed by atoms with Crippen LogP contribution < -0.4 is 0 Å². The number of carbonyl (C=O) groups excluding carboxylic acids is 1. The van der Waals surface area contributed by atoms with Crippen LogP contribution in [0.2, 0.25) is 10.0 Å². The van der Waals surface area contributed by atoms with E-state index in [2.05, 4.69) is 4.98 Å². The SMILES string of the molecule is O=Cc1cnc(-c2cc(Cl)cc(Cl)c2)c(F)c1. The smallest absolute Gasteiger partial charge is 0.151 e. The normalized spacial score (nSPS) is 10.3. The standard InChI is InChI=1S/C12H6Cl2FNO/c13-9-2-8(3-10(14)4-9)12-11(15)1-7(6-17)5-16-12/h1-6H. The Morgan fingerprint density at radius 1 is 1.12 bits per heavy atom. The van der Waals surface area contributed by atoms with Gasteiger partial charge in [0.25, 0.3) is 0 Å². The number of nitrogens with zero attached hydrogens (tertiary/aromatic N) is 1. The summed E-state index contributed by atoms with van der Waals surface area (Å²) in [5.74, 6) is -0.590. The quantitative estimate of drug-likeness (QED) is 0.772. The van der Waals surface area contributed by atoms with Crippen molar-refractivity contribution in [2.45, 2.75) is 0 Å². The Bertz CT molecular complexity index is 566. The van der Waals surface area contributed by atoms with Crippen LogP contribution in [0.3, 0.4) is 0 Å². The van der Waals surface area contributed by atoms with E-state index in [1.54, 1.807) is 18.2 Å². The van der Waals surface area contributed by atoms with E-state index in [0.29, 0.717) is 21.9 Å². The first kappa shape index (κ1) is 12.0. The van der Waals surface area contributed by atoms with Crippen LogP contribution in [0.15, 0.2) is 30.5 Å². The third-order valence-electron chi connectivity index (χ3n) is 2.13. The second kappa shape index (κ2) is 4.82. The van der Waals surface area contributed by atoms with Crippen LogP contribution >= 0.6 is 23.2 Å². The Balaban J connectivity index is 2.56. The van der Waals surface area contributed by atoms with Gasteiger partial charge in [0.2, 0.25) is 0 Å². The molecule has 0 bridgehead atoms. The third kappa shape index (κ3) is 2.62. The van der Waals surface area contributed by atoms with Crippen LogP contribution in [0.4, 0.5) is 4.39 Å². The lowest BCUT2D eigenvalue weighted by atomic mass is 10.1. The maximum absolute atomic E-state index is 13.7. The van der Waals surface area contributed by atoms with Crippen LogP contribution in [0.1, 0.15) is 10.4 Å². The molecular formula is C12H6Cl2FNO. The highest BCUT2D eigenvalue weighted by Gasteiger charge is 2.09. The van der Waals surface area contributed by atoms with Gasteiger partial charge in [-0.3, -0.25) is 9.78 Å². The summed E-state index contributed by atoms with van der Waals surface area (Å²) in [6.07, 6.45) is 1.82. The van der Waals surface area contributed by atoms with Crippen molar-refractivity contribution in [3.63, 3.8) is 0 Å². The van der Waals surface area contributed by atoms with Crippen molar-refractivity contribution in [1.29, 1.82) is 0 Å². The zero-order valence-electron chi connectivity index (χ0n) is 8.45. The lowest BCUT2D eigenvalue weighted by Gasteiger charge is -2.04. The Morgan fingerprint density at radius 3 is 2.29 bits per heavy atom. The lowest BCUT2D eigenvalue weighted by molar-refractivity contribution is 0.112. The molecule has 0 radical (unpaired) electrons. The minimum absolute atomic E-state index is 0.111. The van der Waals surface area contributed by atoms with Crippen LogP contribution in [-0.4, -0.2) is 11.3 Å². The van der Waals surface area contributed by atoms with Gasteiger partial charge in [-0.25, -0.2) is 4.39 Å². The molecule has 1 aromatic heterocycles. The summed E-state index contributed by atoms with van der Waals surface area (Å²) >= 11 is 11.6. The van der Waals surface area contributed by atoms with E-state index < -0.39 is 5.82 Å². The first-order valence-electron chi connectivity index (χ1n) is 4.67. The zero-order valence-corrected chi connectivity index (χ0v) is 9.97. The summed E-state index contributed by atoms with van der Waals surface area (Å²) in [5.41, 5.74) is 0.761. The molecule has 2 nitrogen and oxygen atoms in total. The highest BCUT2D eigenvalue weighted by atomic mass is 35.5. The summed E-state index contributed by atoms with van der Waals surface area (Å²) in [6.45, 7) is 0. The summed E-state index contributed by atoms with van der Waals surface area (Å²) in [7, 11) is 0. The largest absolute Gasteiger partial charge is 0.298 e. The molecule has 0 saturated heterocycles. The van der Waals surface area contributed by atoms with Gasteiger partial charge < -0.3 is 0 Å². The molecule has 0 unspecified atom stereocenters. The Kier molecular flexibility index (Phi) is 3.41. The van der Waals surface area contributed by atoms with Crippen LogP contribution in [0, 0.1) is 5.82 Å². The molecule has 17 heavy (non-hydrogen) atoms. The topological polar surface area (TPSA) is 30.0 Å². The summed E-state index contributed by atoms with van der Waals surface area (Å²) in [5, 5.41) is 0.793. The van der Waals surface area contributed by atoms with Crippen molar-refractivity contribution in [3.05, 3.63) is 51.9 Å². The molecule has 0 aliphatic rings. The van der Waals surface area contributed by atoms with E-state index >= 15 is 0 Å². The van der Waals surface area contributed by atoms with E-state index in [4.69, 9.17) is 23.2 Å². The first-order chi connectivity index (χ1) is 8.10. The van der Waals surface area contributed by atoms with Gasteiger partial charge in [0.05, 0.1) is 0 Å². The lowest BCUT2D eigenvalue weighted by Crippen LogP contribution is -1.92. The molecular weight excluding hydrogens is 264 g/mol. The number of halogens is 3. The van der Waals surface area contributed by atoms with Gasteiger partial charge >= 0.3 is 0 Å². The van der Waals surface area contributed by atoms with Gasteiger partial charge in [0.15, 0.2) is 6.29 Å². The van der Waals surface area contributed by atoms with Gasteiger partial charge in [-0.1, -0.05) is 23.2 Å². The van der Waals surface area contributed by atoms with Gasteiger partial charge in [0, 0.05) is 27.4 Å². The molecule has 0 N–H and O–H groups in total. The maximum atomic E-state index is 13.7. The minimum atomic E-state index is -0.590. The Morgan fingerprint density at radius 2 is 1.76 bits per heavy atom. The van der Waals surface area contributed by atoms with Crippen LogP contribution in [0.5, 0.6) is 0 Å². The van der Waals surface area contributed by atoms with E-state index in [9.17, 15) is 9.18 Å². The molecule has 5 heteroatoms. The van der Waals surface area contributed by atoms with Gasteiger partial charge in [-0.15, -0.1) is 0 Å². The highest BCUT2D eigenvalue weighted by Crippen LogP contribution is 2.27. The summed E-state index contributed by atoms with van der Waals surface area (Å²) in [6, 6.07) is 5.77. The van der Waals surface area contributed by atoms with Crippen LogP contribution in [-0.2, 0) is 0 Å². The number of hydrogen-bond donors (Lipinski definition) is 0. The third-order valence-corrected chi connectivity index (χ3v) is 2.57. The second-order valence-corrected chi connectivity index (χ2v) is 4.25. The summed E-state index contributed by atoms with van der Waals surface area (Å²) < 4.78 is 13.7. The Labute approximate surface area is 107 Å². The fourth-order valence-corrected chi connectivity index (χ4v) is 1.95. The fraction of sp³-hybridized carbons (Fsp3) is 0. The average molecular weight is 270 g/mol. The fourth-order valence-electron chi connectivity index (χ4n) is 1.42. The molecule has 0 atom stereocenters. The molecule has 2 aromatic rings. The number of hydrogen-bond acceptors (Lipinski definition) is 2. The van der Waals surface area contributed by atoms with Gasteiger partial charge in [0.1, 0.15) is 11.5 Å². The summed E-state index contributed by atoms with van der Waals surface area (Å²) in [4.78, 5) is 14.3. The van der Waals surface area contributed by atoms with E-state index in [0.717, 1.165) is 6.07 Å². The number of carbonyl (C=O) groups is 1. The number of aromatic nitrogens is 1. The van der Waals surface area contributed by atoms with Crippen molar-refractivity contribution >= 4 is 29.5 Å². The molecule has 0 amide bonds. The number of aldehydes is 1. The highest BCUT2D eigenvalue weighted by molar-refractivity contribution is 6.35. The van der Waals surface area contributed by atoms with Crippen molar-refractivity contribution in [2.24, 2.45) is 0 Å². The molecule has 0 aliphatic heterocycles. The van der Waals surface area contributed by atoms with Crippen molar-refractivity contribution in [3.8, 4) is 11.3 Å². The molecule has 0 saturated carbocycles. The number of benzene rings is 1. The van der Waals surface area contributed by atoms with Crippen molar-refractivity contribution < 1.29 is 9.18 Å². The molecule has 1 heterocycles. The van der Waals surface area contributed by atoms with E-state index in [1.807, 2.05) is 0 Å². The minimum Gasteiger partial charge on any atom is -0.298 e. The van der Waals surface area contributed by atoms with Crippen molar-refractivity contribution in [1.82, 2.24) is 4.98 Å². The van der Waals surface area contributed by atoms with E-state index in [-0.39, 0.29) is 11.3 Å². The first-order valence-corrected chi connectivity index (χ1v) is 5.43. The molecule has 2 rings (SSSR count). The molecule has 86 valence electrons. The van der Waals surface area contributed by atoms with Crippen molar-refractivity contribution in [2.75, 3.05) is 0 Å². The van der Waals surface area contributed by atoms with Crippen LogP contribution in [0.25, 0.3) is 11.3 Å². The molecule has 0 spiro atoms. The molecule has 1 aromatic carbocycles. The van der Waals surface area contributed by atoms with Gasteiger partial charge in [-0.2, -0.15) is 0 Å². The van der Waals surface area contributed by atoms with E-state index in [1.165, 1.54) is 6.20 Å². The molecule has 0 fully saturated rings. The molecule has 0 aliphatic carbocycles.